The molecular weight excluding hydrogens is 377 g/mol. The molecule has 0 saturated carbocycles. The molecule has 2 heterocycles. The third kappa shape index (κ3) is 3.87. The first-order valence-corrected chi connectivity index (χ1v) is 9.95. The molecule has 144 valence electrons. The van der Waals surface area contributed by atoms with Crippen LogP contribution in [0, 0.1) is 19.7 Å². The smallest absolute Gasteiger partial charge is 0.234 e. The molecule has 0 bridgehead atoms. The summed E-state index contributed by atoms with van der Waals surface area (Å²) < 4.78 is 15.1. The van der Waals surface area contributed by atoms with Crippen molar-refractivity contribution in [1.82, 2.24) is 14.8 Å². The summed E-state index contributed by atoms with van der Waals surface area (Å²) in [4.78, 5) is 14.3. The standard InChI is InChI=1S/C20H20FN5OS/c1-13-9-14(2)11-16(10-13)22-18(27)12-28-20-24-23-19-25(7-8-26(19)20)17-5-3-15(21)4-6-17/h3-6,9-11H,7-8,12H2,1-2H3,(H,22,27). The molecule has 0 fully saturated rings. The van der Waals surface area contributed by atoms with Crippen molar-refractivity contribution in [3.8, 4) is 0 Å². The summed E-state index contributed by atoms with van der Waals surface area (Å²) in [6.45, 7) is 5.47. The summed E-state index contributed by atoms with van der Waals surface area (Å²) in [5, 5.41) is 12.1. The van der Waals surface area contributed by atoms with E-state index < -0.39 is 0 Å². The minimum Gasteiger partial charge on any atom is -0.325 e. The number of fused-ring (bicyclic) bond motifs is 1. The highest BCUT2D eigenvalue weighted by atomic mass is 32.2. The van der Waals surface area contributed by atoms with Gasteiger partial charge in [-0.05, 0) is 61.4 Å². The number of nitrogens with zero attached hydrogens (tertiary/aromatic N) is 4. The fraction of sp³-hybridized carbons (Fsp3) is 0.250. The van der Waals surface area contributed by atoms with Gasteiger partial charge in [0.15, 0.2) is 5.16 Å². The number of carbonyl (C=O) groups excluding carboxylic acids is 1. The zero-order chi connectivity index (χ0) is 19.7. The molecule has 1 amide bonds. The van der Waals surface area contributed by atoms with Crippen molar-refractivity contribution in [3.63, 3.8) is 0 Å². The number of nitrogens with one attached hydrogen (secondary N) is 1. The van der Waals surface area contributed by atoms with E-state index in [4.69, 9.17) is 0 Å². The first-order valence-electron chi connectivity index (χ1n) is 8.97. The van der Waals surface area contributed by atoms with Crippen LogP contribution in [0.1, 0.15) is 11.1 Å². The number of thioether (sulfide) groups is 1. The van der Waals surface area contributed by atoms with Crippen molar-refractivity contribution < 1.29 is 9.18 Å². The van der Waals surface area contributed by atoms with Crippen molar-refractivity contribution in [1.29, 1.82) is 0 Å². The normalized spacial score (nSPS) is 12.9. The number of hydrogen-bond donors (Lipinski definition) is 1. The van der Waals surface area contributed by atoms with Crippen LogP contribution in [-0.4, -0.2) is 33.0 Å². The Balaban J connectivity index is 1.41. The molecule has 8 heteroatoms. The molecule has 28 heavy (non-hydrogen) atoms. The summed E-state index contributed by atoms with van der Waals surface area (Å²) in [6, 6.07) is 12.3. The van der Waals surface area contributed by atoms with Crippen LogP contribution in [0.4, 0.5) is 21.7 Å². The van der Waals surface area contributed by atoms with E-state index in [1.807, 2.05) is 35.4 Å². The van der Waals surface area contributed by atoms with Crippen molar-refractivity contribution in [2.75, 3.05) is 22.5 Å². The average Bonchev–Trinajstić information content (AvgIpc) is 3.22. The van der Waals surface area contributed by atoms with Gasteiger partial charge in [-0.25, -0.2) is 4.39 Å². The van der Waals surface area contributed by atoms with E-state index in [9.17, 15) is 9.18 Å². The summed E-state index contributed by atoms with van der Waals surface area (Å²) in [6.07, 6.45) is 0. The molecule has 3 aromatic rings. The highest BCUT2D eigenvalue weighted by molar-refractivity contribution is 7.99. The van der Waals surface area contributed by atoms with E-state index >= 15 is 0 Å². The molecule has 1 aromatic heterocycles. The fourth-order valence-electron chi connectivity index (χ4n) is 3.32. The number of aromatic nitrogens is 3. The molecule has 0 atom stereocenters. The van der Waals surface area contributed by atoms with Crippen LogP contribution in [0.15, 0.2) is 47.6 Å². The van der Waals surface area contributed by atoms with Crippen LogP contribution in [-0.2, 0) is 11.3 Å². The Bertz CT molecular complexity index is 998. The van der Waals surface area contributed by atoms with Crippen molar-refractivity contribution in [2.24, 2.45) is 0 Å². The molecule has 0 radical (unpaired) electrons. The van der Waals surface area contributed by atoms with Crippen LogP contribution in [0.5, 0.6) is 0 Å². The lowest BCUT2D eigenvalue weighted by Gasteiger charge is -2.14. The molecule has 0 aliphatic carbocycles. The van der Waals surface area contributed by atoms with E-state index in [1.54, 1.807) is 12.1 Å². The second-order valence-corrected chi connectivity index (χ2v) is 7.72. The van der Waals surface area contributed by atoms with Gasteiger partial charge in [0.05, 0.1) is 5.75 Å². The lowest BCUT2D eigenvalue weighted by molar-refractivity contribution is -0.113. The number of rotatable bonds is 5. The minimum atomic E-state index is -0.268. The Labute approximate surface area is 166 Å². The highest BCUT2D eigenvalue weighted by Crippen LogP contribution is 2.32. The van der Waals surface area contributed by atoms with E-state index in [0.29, 0.717) is 11.1 Å². The van der Waals surface area contributed by atoms with Gasteiger partial charge >= 0.3 is 0 Å². The quantitative estimate of drug-likeness (QED) is 0.661. The SMILES string of the molecule is Cc1cc(C)cc(NC(=O)CSc2nnc3n2CCN3c2ccc(F)cc2)c1. The summed E-state index contributed by atoms with van der Waals surface area (Å²) >= 11 is 1.36. The number of anilines is 3. The Morgan fingerprint density at radius 1 is 1.11 bits per heavy atom. The monoisotopic (exact) mass is 397 g/mol. The number of hydrogen-bond acceptors (Lipinski definition) is 5. The van der Waals surface area contributed by atoms with Gasteiger partial charge in [0.1, 0.15) is 5.82 Å². The predicted molar refractivity (Wildman–Crippen MR) is 109 cm³/mol. The minimum absolute atomic E-state index is 0.0827. The van der Waals surface area contributed by atoms with Gasteiger partial charge < -0.3 is 10.2 Å². The second kappa shape index (κ2) is 7.63. The van der Waals surface area contributed by atoms with E-state index in [-0.39, 0.29) is 17.5 Å². The lowest BCUT2D eigenvalue weighted by atomic mass is 10.1. The Morgan fingerprint density at radius 3 is 2.54 bits per heavy atom. The van der Waals surface area contributed by atoms with E-state index in [0.717, 1.165) is 35.6 Å². The van der Waals surface area contributed by atoms with Crippen molar-refractivity contribution >= 4 is 35.0 Å². The molecule has 0 spiro atoms. The average molecular weight is 397 g/mol. The largest absolute Gasteiger partial charge is 0.325 e. The number of carbonyl (C=O) groups is 1. The predicted octanol–water partition coefficient (Wildman–Crippen LogP) is 3.92. The summed E-state index contributed by atoms with van der Waals surface area (Å²) in [7, 11) is 0. The fourth-order valence-corrected chi connectivity index (χ4v) is 4.08. The van der Waals surface area contributed by atoms with Crippen LogP contribution >= 0.6 is 11.8 Å². The molecule has 4 rings (SSSR count). The van der Waals surface area contributed by atoms with Gasteiger partial charge in [-0.3, -0.25) is 9.36 Å². The Morgan fingerprint density at radius 2 is 1.82 bits per heavy atom. The van der Waals surface area contributed by atoms with Crippen LogP contribution < -0.4 is 10.2 Å². The van der Waals surface area contributed by atoms with E-state index in [1.165, 1.54) is 23.9 Å². The maximum Gasteiger partial charge on any atom is 0.234 e. The molecule has 2 aromatic carbocycles. The maximum atomic E-state index is 13.2. The van der Waals surface area contributed by atoms with Gasteiger partial charge in [0.2, 0.25) is 11.9 Å². The van der Waals surface area contributed by atoms with Gasteiger partial charge in [-0.1, -0.05) is 17.8 Å². The first-order chi connectivity index (χ1) is 13.5. The number of halogens is 1. The third-order valence-electron chi connectivity index (χ3n) is 4.46. The Hall–Kier alpha value is -2.87. The molecule has 0 saturated heterocycles. The van der Waals surface area contributed by atoms with Gasteiger partial charge in [0.25, 0.3) is 0 Å². The van der Waals surface area contributed by atoms with Crippen LogP contribution in [0.3, 0.4) is 0 Å². The summed E-state index contributed by atoms with van der Waals surface area (Å²) in [5.74, 6) is 0.613. The molecule has 6 nitrogen and oxygen atoms in total. The Kier molecular flexibility index (Phi) is 5.04. The first kappa shape index (κ1) is 18.5. The highest BCUT2D eigenvalue weighted by Gasteiger charge is 2.26. The number of aryl methyl sites for hydroxylation is 2. The molecular formula is C20H20FN5OS. The van der Waals surface area contributed by atoms with Crippen molar-refractivity contribution in [3.05, 3.63) is 59.4 Å². The zero-order valence-corrected chi connectivity index (χ0v) is 16.5. The third-order valence-corrected chi connectivity index (χ3v) is 5.43. The van der Waals surface area contributed by atoms with Gasteiger partial charge in [-0.2, -0.15) is 0 Å². The topological polar surface area (TPSA) is 63.1 Å². The van der Waals surface area contributed by atoms with Crippen LogP contribution in [0.25, 0.3) is 0 Å². The molecule has 0 unspecified atom stereocenters. The lowest BCUT2D eigenvalue weighted by Crippen LogP contribution is -2.15. The zero-order valence-electron chi connectivity index (χ0n) is 15.6. The van der Waals surface area contributed by atoms with Crippen molar-refractivity contribution in [2.45, 2.75) is 25.5 Å². The number of amides is 1. The van der Waals surface area contributed by atoms with Gasteiger partial charge in [0, 0.05) is 24.5 Å². The molecule has 1 N–H and O–H groups in total. The maximum absolute atomic E-state index is 13.2. The van der Waals surface area contributed by atoms with Crippen LogP contribution in [0.2, 0.25) is 0 Å². The summed E-state index contributed by atoms with van der Waals surface area (Å²) in [5.41, 5.74) is 3.90. The second-order valence-electron chi connectivity index (χ2n) is 6.78. The van der Waals surface area contributed by atoms with Gasteiger partial charge in [-0.15, -0.1) is 10.2 Å². The molecule has 1 aliphatic heterocycles. The molecule has 1 aliphatic rings. The van der Waals surface area contributed by atoms with E-state index in [2.05, 4.69) is 21.6 Å². The number of benzene rings is 2.